The van der Waals surface area contributed by atoms with Crippen LogP contribution < -0.4 is 5.43 Å². The van der Waals surface area contributed by atoms with Crippen molar-refractivity contribution in [2.45, 2.75) is 19.5 Å². The maximum Gasteiger partial charge on any atom is 0.141 e. The van der Waals surface area contributed by atoms with Gasteiger partial charge in [-0.15, -0.1) is 0 Å². The van der Waals surface area contributed by atoms with E-state index in [2.05, 4.69) is 42.4 Å². The zero-order valence-corrected chi connectivity index (χ0v) is 12.1. The number of hydrazine groups is 1. The normalized spacial score (nSPS) is 16.7. The van der Waals surface area contributed by atoms with Crippen LogP contribution >= 0.6 is 0 Å². The third kappa shape index (κ3) is 2.23. The molecule has 3 aromatic heterocycles. The van der Waals surface area contributed by atoms with Crippen LogP contribution in [0.3, 0.4) is 0 Å². The number of fused-ring (bicyclic) bond motifs is 1. The van der Waals surface area contributed by atoms with E-state index in [0.717, 1.165) is 35.4 Å². The lowest BCUT2D eigenvalue weighted by Gasteiger charge is -2.24. The lowest BCUT2D eigenvalue weighted by molar-refractivity contribution is 0.177. The molecular weight excluding hydrogens is 280 g/mol. The van der Waals surface area contributed by atoms with Gasteiger partial charge in [0.1, 0.15) is 24.6 Å². The van der Waals surface area contributed by atoms with Crippen molar-refractivity contribution in [3.05, 3.63) is 43.1 Å². The van der Waals surface area contributed by atoms with E-state index in [4.69, 9.17) is 0 Å². The number of aromatic nitrogens is 6. The fraction of sp³-hybridized carbons (Fsp3) is 0.286. The molecule has 0 radical (unpaired) electrons. The van der Waals surface area contributed by atoms with Gasteiger partial charge in [0.2, 0.25) is 0 Å². The van der Waals surface area contributed by atoms with Crippen LogP contribution in [0.4, 0.5) is 0 Å². The number of nitrogens with one attached hydrogen (secondary N) is 2. The molecule has 0 aromatic carbocycles. The highest BCUT2D eigenvalue weighted by atomic mass is 15.5. The first-order chi connectivity index (χ1) is 10.8. The molecule has 0 fully saturated rings. The van der Waals surface area contributed by atoms with Crippen molar-refractivity contribution in [1.29, 1.82) is 0 Å². The standard InChI is InChI=1S/C14H16N8/c1-10(5-21-9-15-7-20-21)22-6-11(4-19-22)13-12-2-3-16-14(12)18-8-17-13/h2-4,7-10,19H,5-6H2,1H3,(H,16,17,18). The first kappa shape index (κ1) is 13.0. The van der Waals surface area contributed by atoms with E-state index in [1.807, 2.05) is 23.1 Å². The first-order valence-electron chi connectivity index (χ1n) is 7.14. The Morgan fingerprint density at radius 2 is 2.27 bits per heavy atom. The van der Waals surface area contributed by atoms with Crippen LogP contribution in [0.5, 0.6) is 0 Å². The van der Waals surface area contributed by atoms with Crippen molar-refractivity contribution in [3.8, 4) is 0 Å². The van der Waals surface area contributed by atoms with Crippen molar-refractivity contribution in [1.82, 2.24) is 40.2 Å². The zero-order chi connectivity index (χ0) is 14.9. The monoisotopic (exact) mass is 296 g/mol. The van der Waals surface area contributed by atoms with Crippen molar-refractivity contribution >= 4 is 16.6 Å². The number of rotatable bonds is 4. The summed E-state index contributed by atoms with van der Waals surface area (Å²) in [5, 5.41) is 7.36. The molecule has 1 atom stereocenters. The smallest absolute Gasteiger partial charge is 0.141 e. The van der Waals surface area contributed by atoms with Crippen molar-refractivity contribution in [2.24, 2.45) is 0 Å². The zero-order valence-electron chi connectivity index (χ0n) is 12.1. The third-order valence-corrected chi connectivity index (χ3v) is 3.85. The minimum atomic E-state index is 0.277. The van der Waals surface area contributed by atoms with E-state index in [1.54, 1.807) is 19.0 Å². The van der Waals surface area contributed by atoms with Crippen LogP contribution in [-0.4, -0.2) is 47.3 Å². The number of hydrogen-bond donors (Lipinski definition) is 2. The summed E-state index contributed by atoms with van der Waals surface area (Å²) < 4.78 is 1.83. The quantitative estimate of drug-likeness (QED) is 0.740. The maximum atomic E-state index is 4.44. The van der Waals surface area contributed by atoms with E-state index < -0.39 is 0 Å². The van der Waals surface area contributed by atoms with Crippen LogP contribution in [0.2, 0.25) is 0 Å². The summed E-state index contributed by atoms with van der Waals surface area (Å²) in [7, 11) is 0. The summed E-state index contributed by atoms with van der Waals surface area (Å²) >= 11 is 0. The van der Waals surface area contributed by atoms with Gasteiger partial charge in [-0.2, -0.15) is 5.10 Å². The summed E-state index contributed by atoms with van der Waals surface area (Å²) in [4.78, 5) is 15.8. The molecule has 0 bridgehead atoms. The molecule has 4 heterocycles. The van der Waals surface area contributed by atoms with Gasteiger partial charge >= 0.3 is 0 Å². The minimum Gasteiger partial charge on any atom is -0.346 e. The van der Waals surface area contributed by atoms with E-state index in [9.17, 15) is 0 Å². The van der Waals surface area contributed by atoms with Crippen LogP contribution in [0.1, 0.15) is 12.6 Å². The molecule has 4 rings (SSSR count). The predicted molar refractivity (Wildman–Crippen MR) is 81.2 cm³/mol. The molecule has 3 aromatic rings. The van der Waals surface area contributed by atoms with Gasteiger partial charge in [-0.3, -0.25) is 4.68 Å². The second kappa shape index (κ2) is 5.23. The SMILES string of the molecule is CC(Cn1cncn1)N1CC(c2ncnc3[nH]ccc23)=CN1. The van der Waals surface area contributed by atoms with Crippen LogP contribution in [-0.2, 0) is 6.54 Å². The summed E-state index contributed by atoms with van der Waals surface area (Å²) in [5.74, 6) is 0. The van der Waals surface area contributed by atoms with Crippen molar-refractivity contribution in [2.75, 3.05) is 6.54 Å². The molecular formula is C14H16N8. The lowest BCUT2D eigenvalue weighted by atomic mass is 10.1. The van der Waals surface area contributed by atoms with E-state index >= 15 is 0 Å². The Hall–Kier alpha value is -2.74. The molecule has 22 heavy (non-hydrogen) atoms. The van der Waals surface area contributed by atoms with Gasteiger partial charge in [0.05, 0.1) is 12.2 Å². The second-order valence-electron chi connectivity index (χ2n) is 5.36. The predicted octanol–water partition coefficient (Wildman–Crippen LogP) is 0.799. The molecule has 0 saturated carbocycles. The van der Waals surface area contributed by atoms with Gasteiger partial charge in [0, 0.05) is 35.9 Å². The first-order valence-corrected chi connectivity index (χ1v) is 7.14. The fourth-order valence-electron chi connectivity index (χ4n) is 2.69. The highest BCUT2D eigenvalue weighted by molar-refractivity contribution is 5.88. The topological polar surface area (TPSA) is 87.6 Å². The van der Waals surface area contributed by atoms with E-state index in [-0.39, 0.29) is 6.04 Å². The molecule has 2 N–H and O–H groups in total. The molecule has 0 aliphatic carbocycles. The molecule has 1 aliphatic heterocycles. The lowest BCUT2D eigenvalue weighted by Crippen LogP contribution is -2.41. The van der Waals surface area contributed by atoms with Crippen LogP contribution in [0.25, 0.3) is 16.6 Å². The van der Waals surface area contributed by atoms with E-state index in [0.29, 0.717) is 0 Å². The van der Waals surface area contributed by atoms with Crippen molar-refractivity contribution in [3.63, 3.8) is 0 Å². The van der Waals surface area contributed by atoms with Gasteiger partial charge in [0.15, 0.2) is 0 Å². The second-order valence-corrected chi connectivity index (χ2v) is 5.36. The van der Waals surface area contributed by atoms with Gasteiger partial charge in [-0.1, -0.05) is 0 Å². The maximum absolute atomic E-state index is 4.44. The van der Waals surface area contributed by atoms with Gasteiger partial charge in [-0.25, -0.2) is 20.0 Å². The summed E-state index contributed by atoms with van der Waals surface area (Å²) in [6, 6.07) is 2.28. The molecule has 8 nitrogen and oxygen atoms in total. The fourth-order valence-corrected chi connectivity index (χ4v) is 2.69. The molecule has 0 saturated heterocycles. The van der Waals surface area contributed by atoms with Gasteiger partial charge in [0.25, 0.3) is 0 Å². The number of H-pyrrole nitrogens is 1. The van der Waals surface area contributed by atoms with Crippen molar-refractivity contribution < 1.29 is 0 Å². The van der Waals surface area contributed by atoms with Crippen LogP contribution in [0.15, 0.2) is 37.4 Å². The number of nitrogens with zero attached hydrogens (tertiary/aromatic N) is 6. The highest BCUT2D eigenvalue weighted by Crippen LogP contribution is 2.24. The highest BCUT2D eigenvalue weighted by Gasteiger charge is 2.23. The van der Waals surface area contributed by atoms with Gasteiger partial charge < -0.3 is 10.4 Å². The molecule has 0 spiro atoms. The third-order valence-electron chi connectivity index (χ3n) is 3.85. The molecule has 112 valence electrons. The average Bonchev–Trinajstić information content (AvgIpc) is 3.27. The largest absolute Gasteiger partial charge is 0.346 e. The Labute approximate surface area is 126 Å². The minimum absolute atomic E-state index is 0.277. The molecule has 1 aliphatic rings. The molecule has 0 amide bonds. The Balaban J connectivity index is 1.51. The van der Waals surface area contributed by atoms with Crippen LogP contribution in [0, 0.1) is 0 Å². The molecule has 1 unspecified atom stereocenters. The Kier molecular flexibility index (Phi) is 3.08. The number of aromatic amines is 1. The Morgan fingerprint density at radius 1 is 1.32 bits per heavy atom. The van der Waals surface area contributed by atoms with E-state index in [1.165, 1.54) is 0 Å². The average molecular weight is 296 g/mol. The molecule has 8 heteroatoms. The Morgan fingerprint density at radius 3 is 3.14 bits per heavy atom. The summed E-state index contributed by atoms with van der Waals surface area (Å²) in [5.41, 5.74) is 6.29. The Bertz CT molecular complexity index is 803. The van der Waals surface area contributed by atoms with Gasteiger partial charge in [-0.05, 0) is 13.0 Å². The summed E-state index contributed by atoms with van der Waals surface area (Å²) in [6.07, 6.45) is 8.77. The number of hydrogen-bond acceptors (Lipinski definition) is 6. The summed E-state index contributed by atoms with van der Waals surface area (Å²) in [6.45, 7) is 3.71.